The normalized spacial score (nSPS) is 15.3. The highest BCUT2D eigenvalue weighted by Gasteiger charge is 2.31. The number of nitrogens with zero attached hydrogens (tertiary/aromatic N) is 2. The van der Waals surface area contributed by atoms with Crippen LogP contribution in [-0.4, -0.2) is 11.3 Å². The Morgan fingerprint density at radius 1 is 1.03 bits per heavy atom. The summed E-state index contributed by atoms with van der Waals surface area (Å²) in [5.74, 6) is 0.0895. The van der Waals surface area contributed by atoms with Crippen molar-refractivity contribution < 1.29 is 9.84 Å². The summed E-state index contributed by atoms with van der Waals surface area (Å²) in [5, 5.41) is 22.6. The first-order valence-corrected chi connectivity index (χ1v) is 11.3. The molecule has 1 aliphatic rings. The molecule has 0 bridgehead atoms. The Hall–Kier alpha value is -3.83. The molecule has 0 saturated carbocycles. The smallest absolute Gasteiger partial charge is 0.205 e. The van der Waals surface area contributed by atoms with Crippen molar-refractivity contribution in [2.24, 2.45) is 10.7 Å². The van der Waals surface area contributed by atoms with Gasteiger partial charge in [-0.15, -0.1) is 0 Å². The summed E-state index contributed by atoms with van der Waals surface area (Å²) in [6.45, 7) is 0. The fourth-order valence-corrected chi connectivity index (χ4v) is 4.67. The zero-order valence-electron chi connectivity index (χ0n) is 17.4. The summed E-state index contributed by atoms with van der Waals surface area (Å²) in [6, 6.07) is 27.4. The molecule has 5 rings (SSSR count). The van der Waals surface area contributed by atoms with Gasteiger partial charge in [0.25, 0.3) is 0 Å². The van der Waals surface area contributed by atoms with E-state index >= 15 is 0 Å². The number of halogens is 1. The predicted molar refractivity (Wildman–Crippen MR) is 138 cm³/mol. The Balaban J connectivity index is 1.63. The molecular weight excluding hydrogens is 525 g/mol. The van der Waals surface area contributed by atoms with E-state index in [4.69, 9.17) is 10.5 Å². The monoisotopic (exact) mass is 543 g/mol. The molecular formula is C27H18IN3O2. The number of nitriles is 1. The van der Waals surface area contributed by atoms with Crippen molar-refractivity contribution in [2.45, 2.75) is 5.92 Å². The van der Waals surface area contributed by atoms with Gasteiger partial charge >= 0.3 is 0 Å². The number of nitrogens with two attached hydrogens (primary N) is 1. The molecule has 0 aromatic heterocycles. The molecule has 0 aliphatic carbocycles. The number of ether oxygens (including phenoxy) is 1. The Morgan fingerprint density at radius 2 is 1.82 bits per heavy atom. The minimum atomic E-state index is -0.404. The van der Waals surface area contributed by atoms with Gasteiger partial charge in [-0.1, -0.05) is 48.5 Å². The van der Waals surface area contributed by atoms with E-state index in [0.717, 1.165) is 31.2 Å². The van der Waals surface area contributed by atoms with Gasteiger partial charge < -0.3 is 15.6 Å². The van der Waals surface area contributed by atoms with E-state index in [9.17, 15) is 10.4 Å². The third-order valence-electron chi connectivity index (χ3n) is 5.66. The maximum absolute atomic E-state index is 10.7. The fourth-order valence-electron chi connectivity index (χ4n) is 4.10. The number of fused-ring (bicyclic) bond motifs is 2. The number of rotatable bonds is 3. The van der Waals surface area contributed by atoms with Crippen LogP contribution in [0, 0.1) is 14.9 Å². The lowest BCUT2D eigenvalue weighted by Gasteiger charge is -2.27. The highest BCUT2D eigenvalue weighted by molar-refractivity contribution is 14.1. The quantitative estimate of drug-likeness (QED) is 0.241. The third kappa shape index (κ3) is 3.92. The van der Waals surface area contributed by atoms with Gasteiger partial charge in [0.1, 0.15) is 23.1 Å². The molecule has 1 aliphatic heterocycles. The van der Waals surface area contributed by atoms with E-state index in [1.54, 1.807) is 6.21 Å². The molecule has 0 spiro atoms. The average molecular weight is 543 g/mol. The summed E-state index contributed by atoms with van der Waals surface area (Å²) in [5.41, 5.74) is 9.42. The van der Waals surface area contributed by atoms with Crippen LogP contribution in [0.1, 0.15) is 22.6 Å². The number of allylic oxidation sites excluding steroid dienone is 1. The SMILES string of the molecule is N#CC1=C(N)Oc2cc(O)c(C=Nc3cccc4ccccc34)cc2[C@H]1c1cccc(I)c1. The molecule has 0 fully saturated rings. The van der Waals surface area contributed by atoms with Crippen LogP contribution in [0.25, 0.3) is 10.8 Å². The first-order chi connectivity index (χ1) is 16.0. The minimum Gasteiger partial charge on any atom is -0.507 e. The van der Waals surface area contributed by atoms with Crippen LogP contribution < -0.4 is 10.5 Å². The van der Waals surface area contributed by atoms with Crippen LogP contribution in [0.3, 0.4) is 0 Å². The zero-order valence-corrected chi connectivity index (χ0v) is 19.5. The van der Waals surface area contributed by atoms with Crippen LogP contribution >= 0.6 is 22.6 Å². The number of aliphatic imine (C=N–C) groups is 1. The Bertz CT molecular complexity index is 1500. The van der Waals surface area contributed by atoms with Gasteiger partial charge in [-0.2, -0.15) is 5.26 Å². The third-order valence-corrected chi connectivity index (χ3v) is 6.33. The number of hydrogen-bond donors (Lipinski definition) is 2. The van der Waals surface area contributed by atoms with Crippen molar-refractivity contribution in [3.63, 3.8) is 0 Å². The predicted octanol–water partition coefficient (Wildman–Crippen LogP) is 6.12. The van der Waals surface area contributed by atoms with Crippen molar-refractivity contribution in [1.82, 2.24) is 0 Å². The van der Waals surface area contributed by atoms with E-state index < -0.39 is 5.92 Å². The number of benzene rings is 4. The molecule has 5 nitrogen and oxygen atoms in total. The summed E-state index contributed by atoms with van der Waals surface area (Å²) in [7, 11) is 0. The molecule has 0 amide bonds. The van der Waals surface area contributed by atoms with E-state index in [2.05, 4.69) is 33.7 Å². The van der Waals surface area contributed by atoms with Crippen LogP contribution in [-0.2, 0) is 0 Å². The lowest BCUT2D eigenvalue weighted by Crippen LogP contribution is -2.21. The highest BCUT2D eigenvalue weighted by atomic mass is 127. The Labute approximate surface area is 204 Å². The first-order valence-electron chi connectivity index (χ1n) is 10.3. The van der Waals surface area contributed by atoms with Gasteiger partial charge in [0.05, 0.1) is 11.6 Å². The molecule has 1 atom stereocenters. The van der Waals surface area contributed by atoms with Crippen molar-refractivity contribution in [3.05, 3.63) is 111 Å². The van der Waals surface area contributed by atoms with E-state index in [-0.39, 0.29) is 11.6 Å². The lowest BCUT2D eigenvalue weighted by molar-refractivity contribution is 0.388. The summed E-state index contributed by atoms with van der Waals surface area (Å²) >= 11 is 2.24. The van der Waals surface area contributed by atoms with Gasteiger partial charge in [0.2, 0.25) is 5.88 Å². The van der Waals surface area contributed by atoms with Crippen LogP contribution in [0.2, 0.25) is 0 Å². The van der Waals surface area contributed by atoms with Gasteiger partial charge in [-0.3, -0.25) is 4.99 Å². The number of phenols is 1. The second-order valence-corrected chi connectivity index (χ2v) is 8.93. The Morgan fingerprint density at radius 3 is 2.64 bits per heavy atom. The van der Waals surface area contributed by atoms with Gasteiger partial charge in [0.15, 0.2) is 0 Å². The molecule has 1 heterocycles. The topological polar surface area (TPSA) is 91.6 Å². The number of phenolic OH excluding ortho intramolecular Hbond substituents is 1. The molecule has 33 heavy (non-hydrogen) atoms. The summed E-state index contributed by atoms with van der Waals surface area (Å²) in [4.78, 5) is 4.65. The van der Waals surface area contributed by atoms with Crippen molar-refractivity contribution >= 4 is 45.3 Å². The molecule has 4 aromatic rings. The van der Waals surface area contributed by atoms with E-state index in [1.807, 2.05) is 72.8 Å². The van der Waals surface area contributed by atoms with Crippen LogP contribution in [0.5, 0.6) is 11.5 Å². The zero-order chi connectivity index (χ0) is 22.9. The van der Waals surface area contributed by atoms with Crippen molar-refractivity contribution in [2.75, 3.05) is 0 Å². The Kier molecular flexibility index (Phi) is 5.48. The van der Waals surface area contributed by atoms with Crippen LogP contribution in [0.4, 0.5) is 5.69 Å². The van der Waals surface area contributed by atoms with Gasteiger partial charge in [0, 0.05) is 32.4 Å². The molecule has 0 unspecified atom stereocenters. The molecule has 6 heteroatoms. The second-order valence-electron chi connectivity index (χ2n) is 7.69. The molecule has 3 N–H and O–H groups in total. The molecule has 0 saturated heterocycles. The largest absolute Gasteiger partial charge is 0.507 e. The van der Waals surface area contributed by atoms with E-state index in [1.165, 1.54) is 6.07 Å². The summed E-state index contributed by atoms with van der Waals surface area (Å²) in [6.07, 6.45) is 1.64. The maximum Gasteiger partial charge on any atom is 0.205 e. The summed E-state index contributed by atoms with van der Waals surface area (Å²) < 4.78 is 6.75. The van der Waals surface area contributed by atoms with Crippen LogP contribution in [0.15, 0.2) is 95.3 Å². The highest BCUT2D eigenvalue weighted by Crippen LogP contribution is 2.44. The van der Waals surface area contributed by atoms with E-state index in [0.29, 0.717) is 16.9 Å². The molecule has 0 radical (unpaired) electrons. The minimum absolute atomic E-state index is 0.0207. The maximum atomic E-state index is 10.7. The van der Waals surface area contributed by atoms with Crippen molar-refractivity contribution in [1.29, 1.82) is 5.26 Å². The standard InChI is InChI=1S/C27H18IN3O2/c28-19-8-3-7-17(11-19)26-21-12-18(24(32)13-25(21)33-27(30)22(26)14-29)15-31-23-10-4-6-16-5-1-2-9-20(16)23/h1-13,15,26,32H,30H2/t26-/m1/s1. The average Bonchev–Trinajstić information content (AvgIpc) is 2.82. The first kappa shape index (κ1) is 21.0. The molecule has 4 aromatic carbocycles. The number of aromatic hydroxyl groups is 1. The van der Waals surface area contributed by atoms with Gasteiger partial charge in [-0.05, 0) is 57.8 Å². The van der Waals surface area contributed by atoms with Crippen molar-refractivity contribution in [3.8, 4) is 17.6 Å². The fraction of sp³-hybridized carbons (Fsp3) is 0.0370. The second kappa shape index (κ2) is 8.60. The lowest BCUT2D eigenvalue weighted by atomic mass is 9.83. The van der Waals surface area contributed by atoms with Gasteiger partial charge in [-0.25, -0.2) is 0 Å². The molecule has 160 valence electrons. The number of hydrogen-bond acceptors (Lipinski definition) is 5.